The molecule has 0 spiro atoms. The molecule has 11 heavy (non-hydrogen) atoms. The third kappa shape index (κ3) is 2.46. The molecule has 1 unspecified atom stereocenters. The molecular formula is C9H19NO. The van der Waals surface area contributed by atoms with Crippen LogP contribution < -0.4 is 0 Å². The summed E-state index contributed by atoms with van der Waals surface area (Å²) >= 11 is 0. The SMILES string of the molecule is CCN1CCCCC1CCO. The van der Waals surface area contributed by atoms with E-state index >= 15 is 0 Å². The van der Waals surface area contributed by atoms with E-state index < -0.39 is 0 Å². The molecule has 1 N–H and O–H groups in total. The molecule has 0 aromatic carbocycles. The highest BCUT2D eigenvalue weighted by Crippen LogP contribution is 2.18. The van der Waals surface area contributed by atoms with E-state index in [4.69, 9.17) is 5.11 Å². The van der Waals surface area contributed by atoms with Crippen LogP contribution in [0.4, 0.5) is 0 Å². The third-order valence-corrected chi connectivity index (χ3v) is 2.62. The molecule has 1 aliphatic rings. The van der Waals surface area contributed by atoms with Crippen molar-refractivity contribution in [3.05, 3.63) is 0 Å². The van der Waals surface area contributed by atoms with Gasteiger partial charge in [0.25, 0.3) is 0 Å². The van der Waals surface area contributed by atoms with Gasteiger partial charge in [-0.05, 0) is 32.4 Å². The van der Waals surface area contributed by atoms with Crippen molar-refractivity contribution in [2.24, 2.45) is 0 Å². The first kappa shape index (κ1) is 9.01. The number of piperidine rings is 1. The Kier molecular flexibility index (Phi) is 3.87. The van der Waals surface area contributed by atoms with Gasteiger partial charge in [0, 0.05) is 12.6 Å². The molecule has 0 aromatic rings. The zero-order valence-electron chi connectivity index (χ0n) is 7.42. The minimum Gasteiger partial charge on any atom is -0.396 e. The maximum absolute atomic E-state index is 8.81. The van der Waals surface area contributed by atoms with Gasteiger partial charge in [0.1, 0.15) is 0 Å². The van der Waals surface area contributed by atoms with E-state index in [1.807, 2.05) is 0 Å². The predicted octanol–water partition coefficient (Wildman–Crippen LogP) is 1.24. The summed E-state index contributed by atoms with van der Waals surface area (Å²) in [5, 5.41) is 8.81. The Bertz CT molecular complexity index is 104. The molecule has 0 saturated carbocycles. The van der Waals surface area contributed by atoms with Crippen molar-refractivity contribution in [2.45, 2.75) is 38.6 Å². The summed E-state index contributed by atoms with van der Waals surface area (Å²) in [6, 6.07) is 0.666. The molecule has 0 aliphatic carbocycles. The van der Waals surface area contributed by atoms with Crippen molar-refractivity contribution in [1.29, 1.82) is 0 Å². The van der Waals surface area contributed by atoms with E-state index in [1.165, 1.54) is 25.8 Å². The number of hydrogen-bond donors (Lipinski definition) is 1. The van der Waals surface area contributed by atoms with Gasteiger partial charge in [-0.15, -0.1) is 0 Å². The van der Waals surface area contributed by atoms with Gasteiger partial charge < -0.3 is 10.0 Å². The van der Waals surface area contributed by atoms with E-state index in [9.17, 15) is 0 Å². The fraction of sp³-hybridized carbons (Fsp3) is 1.00. The summed E-state index contributed by atoms with van der Waals surface area (Å²) in [5.74, 6) is 0. The monoisotopic (exact) mass is 157 g/mol. The molecule has 1 fully saturated rings. The Morgan fingerprint density at radius 3 is 2.91 bits per heavy atom. The van der Waals surface area contributed by atoms with E-state index in [1.54, 1.807) is 0 Å². The normalized spacial score (nSPS) is 27.3. The summed E-state index contributed by atoms with van der Waals surface area (Å²) in [6.07, 6.45) is 4.94. The van der Waals surface area contributed by atoms with Crippen molar-refractivity contribution in [1.82, 2.24) is 4.90 Å². The highest BCUT2D eigenvalue weighted by molar-refractivity contribution is 4.75. The number of likely N-dealkylation sites (tertiary alicyclic amines) is 1. The summed E-state index contributed by atoms with van der Waals surface area (Å²) < 4.78 is 0. The Morgan fingerprint density at radius 1 is 1.45 bits per heavy atom. The first-order chi connectivity index (χ1) is 5.38. The quantitative estimate of drug-likeness (QED) is 0.666. The van der Waals surface area contributed by atoms with Crippen LogP contribution in [-0.2, 0) is 0 Å². The van der Waals surface area contributed by atoms with Crippen molar-refractivity contribution < 1.29 is 5.11 Å². The number of nitrogens with zero attached hydrogens (tertiary/aromatic N) is 1. The number of aliphatic hydroxyl groups excluding tert-OH is 1. The molecule has 1 rings (SSSR count). The molecule has 1 saturated heterocycles. The highest BCUT2D eigenvalue weighted by Gasteiger charge is 2.19. The molecule has 2 heteroatoms. The van der Waals surface area contributed by atoms with Gasteiger partial charge in [-0.25, -0.2) is 0 Å². The lowest BCUT2D eigenvalue weighted by atomic mass is 10.00. The molecule has 1 atom stereocenters. The maximum Gasteiger partial charge on any atom is 0.0445 e. The molecule has 1 aliphatic heterocycles. The van der Waals surface area contributed by atoms with E-state index in [-0.39, 0.29) is 0 Å². The third-order valence-electron chi connectivity index (χ3n) is 2.62. The second-order valence-corrected chi connectivity index (χ2v) is 3.29. The average molecular weight is 157 g/mol. The second kappa shape index (κ2) is 4.73. The molecule has 2 nitrogen and oxygen atoms in total. The van der Waals surface area contributed by atoms with Gasteiger partial charge in [0.05, 0.1) is 0 Å². The van der Waals surface area contributed by atoms with Crippen LogP contribution in [0.5, 0.6) is 0 Å². The lowest BCUT2D eigenvalue weighted by Crippen LogP contribution is -2.39. The lowest BCUT2D eigenvalue weighted by molar-refractivity contribution is 0.125. The highest BCUT2D eigenvalue weighted by atomic mass is 16.3. The largest absolute Gasteiger partial charge is 0.396 e. The van der Waals surface area contributed by atoms with Gasteiger partial charge in [0.2, 0.25) is 0 Å². The maximum atomic E-state index is 8.81. The van der Waals surface area contributed by atoms with Crippen LogP contribution in [0.2, 0.25) is 0 Å². The zero-order valence-corrected chi connectivity index (χ0v) is 7.42. The summed E-state index contributed by atoms with van der Waals surface area (Å²) in [5.41, 5.74) is 0. The second-order valence-electron chi connectivity index (χ2n) is 3.29. The molecule has 0 radical (unpaired) electrons. The van der Waals surface area contributed by atoms with Crippen LogP contribution in [0, 0.1) is 0 Å². The fourth-order valence-corrected chi connectivity index (χ4v) is 1.95. The first-order valence-corrected chi connectivity index (χ1v) is 4.73. The zero-order chi connectivity index (χ0) is 8.10. The van der Waals surface area contributed by atoms with Gasteiger partial charge in [0.15, 0.2) is 0 Å². The van der Waals surface area contributed by atoms with Crippen molar-refractivity contribution in [3.63, 3.8) is 0 Å². The number of rotatable bonds is 3. The van der Waals surface area contributed by atoms with Gasteiger partial charge in [-0.2, -0.15) is 0 Å². The average Bonchev–Trinajstić information content (AvgIpc) is 2.06. The van der Waals surface area contributed by atoms with Crippen LogP contribution in [-0.4, -0.2) is 35.7 Å². The van der Waals surface area contributed by atoms with Gasteiger partial charge in [-0.3, -0.25) is 0 Å². The summed E-state index contributed by atoms with van der Waals surface area (Å²) in [6.45, 7) is 4.93. The Labute approximate surface area is 69.2 Å². The standard InChI is InChI=1S/C9H19NO/c1-2-10-7-4-3-5-9(10)6-8-11/h9,11H,2-8H2,1H3. The van der Waals surface area contributed by atoms with E-state index in [0.29, 0.717) is 12.6 Å². The Morgan fingerprint density at radius 2 is 2.27 bits per heavy atom. The smallest absolute Gasteiger partial charge is 0.0445 e. The molecule has 0 bridgehead atoms. The van der Waals surface area contributed by atoms with Crippen molar-refractivity contribution >= 4 is 0 Å². The van der Waals surface area contributed by atoms with Crippen LogP contribution >= 0.6 is 0 Å². The molecule has 0 amide bonds. The molecule has 1 heterocycles. The van der Waals surface area contributed by atoms with Crippen LogP contribution in [0.25, 0.3) is 0 Å². The molecule has 0 aromatic heterocycles. The Hall–Kier alpha value is -0.0800. The fourth-order valence-electron chi connectivity index (χ4n) is 1.95. The summed E-state index contributed by atoms with van der Waals surface area (Å²) in [7, 11) is 0. The van der Waals surface area contributed by atoms with Crippen molar-refractivity contribution in [3.8, 4) is 0 Å². The first-order valence-electron chi connectivity index (χ1n) is 4.73. The molecule has 66 valence electrons. The van der Waals surface area contributed by atoms with Crippen LogP contribution in [0.1, 0.15) is 32.6 Å². The predicted molar refractivity (Wildman–Crippen MR) is 46.6 cm³/mol. The lowest BCUT2D eigenvalue weighted by Gasteiger charge is -2.34. The number of aliphatic hydroxyl groups is 1. The van der Waals surface area contributed by atoms with E-state index in [0.717, 1.165) is 13.0 Å². The minimum absolute atomic E-state index is 0.348. The van der Waals surface area contributed by atoms with Gasteiger partial charge >= 0.3 is 0 Å². The minimum atomic E-state index is 0.348. The van der Waals surface area contributed by atoms with Gasteiger partial charge in [-0.1, -0.05) is 13.3 Å². The summed E-state index contributed by atoms with van der Waals surface area (Å²) in [4.78, 5) is 2.49. The van der Waals surface area contributed by atoms with E-state index in [2.05, 4.69) is 11.8 Å². The topological polar surface area (TPSA) is 23.5 Å². The van der Waals surface area contributed by atoms with Crippen LogP contribution in [0.3, 0.4) is 0 Å². The molecular weight excluding hydrogens is 138 g/mol. The van der Waals surface area contributed by atoms with Crippen LogP contribution in [0.15, 0.2) is 0 Å². The Balaban J connectivity index is 2.31. The number of hydrogen-bond acceptors (Lipinski definition) is 2. The van der Waals surface area contributed by atoms with Crippen molar-refractivity contribution in [2.75, 3.05) is 19.7 Å².